The summed E-state index contributed by atoms with van der Waals surface area (Å²) < 4.78 is 0. The molecule has 0 radical (unpaired) electrons. The molecule has 128 valence electrons. The molecule has 3 aliphatic heterocycles. The van der Waals surface area contributed by atoms with E-state index in [0.29, 0.717) is 24.4 Å². The third-order valence-electron chi connectivity index (χ3n) is 6.11. The van der Waals surface area contributed by atoms with Crippen LogP contribution in [0.1, 0.15) is 36.9 Å². The molecule has 6 heteroatoms. The van der Waals surface area contributed by atoms with Crippen LogP contribution in [-0.2, 0) is 17.8 Å². The maximum atomic E-state index is 12.3. The van der Waals surface area contributed by atoms with E-state index >= 15 is 0 Å². The van der Waals surface area contributed by atoms with Gasteiger partial charge in [-0.2, -0.15) is 0 Å². The molecule has 0 unspecified atom stereocenters. The number of aromatic nitrogens is 2. The van der Waals surface area contributed by atoms with Gasteiger partial charge >= 0.3 is 0 Å². The summed E-state index contributed by atoms with van der Waals surface area (Å²) in [5.41, 5.74) is 2.35. The molecule has 0 aromatic carbocycles. The summed E-state index contributed by atoms with van der Waals surface area (Å²) in [4.78, 5) is 28.6. The minimum Gasteiger partial charge on any atom is -0.353 e. The summed E-state index contributed by atoms with van der Waals surface area (Å²) in [7, 11) is 0. The van der Waals surface area contributed by atoms with E-state index in [1.165, 1.54) is 24.9 Å². The van der Waals surface area contributed by atoms with E-state index in [1.807, 2.05) is 4.90 Å². The third-order valence-corrected chi connectivity index (χ3v) is 6.11. The van der Waals surface area contributed by atoms with E-state index in [2.05, 4.69) is 19.8 Å². The smallest absolute Gasteiger partial charge is 0.226 e. The number of hydrogen-bond acceptors (Lipinski definition) is 5. The van der Waals surface area contributed by atoms with E-state index in [9.17, 15) is 4.79 Å². The molecule has 1 atom stereocenters. The summed E-state index contributed by atoms with van der Waals surface area (Å²) in [6, 6.07) is 0.695. The topological polar surface area (TPSA) is 52.6 Å². The van der Waals surface area contributed by atoms with Gasteiger partial charge < -0.3 is 9.80 Å². The molecule has 1 aromatic rings. The Kier molecular flexibility index (Phi) is 3.47. The average Bonchev–Trinajstić information content (AvgIpc) is 3.37. The van der Waals surface area contributed by atoms with Gasteiger partial charge in [-0.25, -0.2) is 9.97 Å². The Morgan fingerprint density at radius 1 is 1.08 bits per heavy atom. The van der Waals surface area contributed by atoms with Gasteiger partial charge in [-0.1, -0.05) is 0 Å². The molecule has 0 spiro atoms. The van der Waals surface area contributed by atoms with Crippen molar-refractivity contribution in [3.8, 4) is 0 Å². The van der Waals surface area contributed by atoms with Crippen molar-refractivity contribution in [2.24, 2.45) is 5.92 Å². The van der Waals surface area contributed by atoms with E-state index < -0.39 is 0 Å². The van der Waals surface area contributed by atoms with Crippen molar-refractivity contribution in [3.05, 3.63) is 17.6 Å². The Morgan fingerprint density at radius 2 is 2.00 bits per heavy atom. The predicted molar refractivity (Wildman–Crippen MR) is 90.7 cm³/mol. The molecule has 3 fully saturated rings. The quantitative estimate of drug-likeness (QED) is 0.813. The number of rotatable bonds is 2. The zero-order chi connectivity index (χ0) is 16.1. The zero-order valence-electron chi connectivity index (χ0n) is 14.2. The van der Waals surface area contributed by atoms with Crippen LogP contribution in [0.3, 0.4) is 0 Å². The molecular weight excluding hydrogens is 302 g/mol. The van der Waals surface area contributed by atoms with Gasteiger partial charge in [0.15, 0.2) is 0 Å². The Labute approximate surface area is 142 Å². The summed E-state index contributed by atoms with van der Waals surface area (Å²) in [6.07, 6.45) is 7.38. The van der Waals surface area contributed by atoms with Crippen molar-refractivity contribution in [2.75, 3.05) is 37.6 Å². The van der Waals surface area contributed by atoms with Crippen LogP contribution in [0.25, 0.3) is 0 Å². The molecule has 2 saturated heterocycles. The molecule has 5 rings (SSSR count). The fraction of sp³-hybridized carbons (Fsp3) is 0.722. The number of piperazine rings is 1. The average molecular weight is 327 g/mol. The van der Waals surface area contributed by atoms with E-state index in [1.54, 1.807) is 6.33 Å². The van der Waals surface area contributed by atoms with Crippen LogP contribution in [0.4, 0.5) is 5.82 Å². The summed E-state index contributed by atoms with van der Waals surface area (Å²) >= 11 is 0. The maximum absolute atomic E-state index is 12.3. The SMILES string of the molecule is O=C(C1CC1)N1CCc2c(ncnc2N2CCN3CCC[C@H]3C2)C1. The van der Waals surface area contributed by atoms with Crippen molar-refractivity contribution in [1.29, 1.82) is 0 Å². The lowest BCUT2D eigenvalue weighted by molar-refractivity contribution is -0.133. The number of hydrogen-bond donors (Lipinski definition) is 0. The number of anilines is 1. The fourth-order valence-corrected chi connectivity index (χ4v) is 4.57. The Morgan fingerprint density at radius 3 is 2.88 bits per heavy atom. The number of amides is 1. The first-order valence-corrected chi connectivity index (χ1v) is 9.40. The molecule has 4 aliphatic rings. The molecule has 0 bridgehead atoms. The van der Waals surface area contributed by atoms with Crippen LogP contribution in [0, 0.1) is 5.92 Å². The lowest BCUT2D eigenvalue weighted by Crippen LogP contribution is -2.51. The third kappa shape index (κ3) is 2.48. The minimum absolute atomic E-state index is 0.295. The van der Waals surface area contributed by atoms with Gasteiger partial charge in [0.25, 0.3) is 0 Å². The monoisotopic (exact) mass is 327 g/mol. The second kappa shape index (κ2) is 5.69. The lowest BCUT2D eigenvalue weighted by atomic mass is 10.0. The normalized spacial score (nSPS) is 27.1. The van der Waals surface area contributed by atoms with Crippen LogP contribution < -0.4 is 4.90 Å². The maximum Gasteiger partial charge on any atom is 0.226 e. The van der Waals surface area contributed by atoms with Crippen molar-refractivity contribution in [2.45, 2.75) is 44.7 Å². The second-order valence-electron chi connectivity index (χ2n) is 7.68. The molecule has 1 aliphatic carbocycles. The van der Waals surface area contributed by atoms with Gasteiger partial charge in [0.05, 0.1) is 12.2 Å². The molecular formula is C18H25N5O. The molecule has 1 amide bonds. The molecule has 1 saturated carbocycles. The number of fused-ring (bicyclic) bond motifs is 2. The van der Waals surface area contributed by atoms with Gasteiger partial charge in [0, 0.05) is 43.7 Å². The van der Waals surface area contributed by atoms with E-state index in [-0.39, 0.29) is 0 Å². The summed E-state index contributed by atoms with van der Waals surface area (Å²) in [5.74, 6) is 1.76. The van der Waals surface area contributed by atoms with Crippen LogP contribution in [0.2, 0.25) is 0 Å². The number of nitrogens with zero attached hydrogens (tertiary/aromatic N) is 5. The van der Waals surface area contributed by atoms with Crippen molar-refractivity contribution < 1.29 is 4.79 Å². The zero-order valence-corrected chi connectivity index (χ0v) is 14.2. The van der Waals surface area contributed by atoms with Crippen LogP contribution in [-0.4, -0.2) is 64.4 Å². The van der Waals surface area contributed by atoms with Crippen LogP contribution in [0.5, 0.6) is 0 Å². The van der Waals surface area contributed by atoms with Gasteiger partial charge in [-0.05, 0) is 38.6 Å². The Bertz CT molecular complexity index is 659. The first-order valence-electron chi connectivity index (χ1n) is 9.40. The van der Waals surface area contributed by atoms with Crippen molar-refractivity contribution >= 4 is 11.7 Å². The highest BCUT2D eigenvalue weighted by Gasteiger charge is 2.36. The minimum atomic E-state index is 0.295. The fourth-order valence-electron chi connectivity index (χ4n) is 4.57. The second-order valence-corrected chi connectivity index (χ2v) is 7.68. The van der Waals surface area contributed by atoms with Crippen LogP contribution in [0.15, 0.2) is 6.33 Å². The van der Waals surface area contributed by atoms with Crippen molar-refractivity contribution in [3.63, 3.8) is 0 Å². The van der Waals surface area contributed by atoms with Gasteiger partial charge in [0.2, 0.25) is 5.91 Å². The molecule has 6 nitrogen and oxygen atoms in total. The predicted octanol–water partition coefficient (Wildman–Crippen LogP) is 1.06. The first kappa shape index (κ1) is 14.6. The Hall–Kier alpha value is -1.69. The highest BCUT2D eigenvalue weighted by molar-refractivity contribution is 5.81. The molecule has 0 N–H and O–H groups in total. The van der Waals surface area contributed by atoms with Gasteiger partial charge in [0.1, 0.15) is 12.1 Å². The summed E-state index contributed by atoms with van der Waals surface area (Å²) in [6.45, 7) is 6.06. The van der Waals surface area contributed by atoms with Gasteiger partial charge in [-0.15, -0.1) is 0 Å². The van der Waals surface area contributed by atoms with Gasteiger partial charge in [-0.3, -0.25) is 9.69 Å². The molecule has 1 aromatic heterocycles. The summed E-state index contributed by atoms with van der Waals surface area (Å²) in [5, 5.41) is 0. The molecule has 24 heavy (non-hydrogen) atoms. The highest BCUT2D eigenvalue weighted by Crippen LogP contribution is 2.34. The van der Waals surface area contributed by atoms with Crippen molar-refractivity contribution in [1.82, 2.24) is 19.8 Å². The standard InChI is InChI=1S/C18H25N5O/c24-18(13-3-4-13)23-7-5-15-16(11-23)19-12-20-17(15)22-9-8-21-6-1-2-14(21)10-22/h12-14H,1-11H2/t14-/m0/s1. The largest absolute Gasteiger partial charge is 0.353 e. The Balaban J connectivity index is 1.37. The molecule has 4 heterocycles. The lowest BCUT2D eigenvalue weighted by Gasteiger charge is -2.39. The number of carbonyl (C=O) groups is 1. The van der Waals surface area contributed by atoms with E-state index in [4.69, 9.17) is 0 Å². The number of carbonyl (C=O) groups excluding carboxylic acids is 1. The van der Waals surface area contributed by atoms with E-state index in [0.717, 1.165) is 57.0 Å². The van der Waals surface area contributed by atoms with Crippen LogP contribution >= 0.6 is 0 Å². The highest BCUT2D eigenvalue weighted by atomic mass is 16.2. The first-order chi connectivity index (χ1) is 11.8.